The Morgan fingerprint density at radius 3 is 2.81 bits per heavy atom. The lowest BCUT2D eigenvalue weighted by Gasteiger charge is -2.21. The molecule has 1 fully saturated rings. The summed E-state index contributed by atoms with van der Waals surface area (Å²) in [6.45, 7) is 3.14. The van der Waals surface area contributed by atoms with Gasteiger partial charge in [0.15, 0.2) is 5.15 Å². The normalized spacial score (nSPS) is 17.1. The Hall–Kier alpha value is -2.25. The molecule has 0 saturated carbocycles. The number of nitrogens with zero attached hydrogens (tertiary/aromatic N) is 2. The topological polar surface area (TPSA) is 90.4 Å². The number of hydrogen-bond donors (Lipinski definition) is 1. The van der Waals surface area contributed by atoms with Gasteiger partial charge in [0.25, 0.3) is 0 Å². The van der Waals surface area contributed by atoms with Crippen LogP contribution in [-0.4, -0.2) is 42.2 Å². The van der Waals surface area contributed by atoms with Crippen LogP contribution in [0.15, 0.2) is 12.1 Å². The number of nitrogens with one attached hydrogen (secondary N) is 1. The van der Waals surface area contributed by atoms with Crippen LogP contribution in [0.3, 0.4) is 0 Å². The molecule has 1 aromatic heterocycles. The first-order valence-electron chi connectivity index (χ1n) is 8.40. The molecule has 2 heterocycles. The van der Waals surface area contributed by atoms with E-state index in [1.165, 1.54) is 7.11 Å². The van der Waals surface area contributed by atoms with Gasteiger partial charge < -0.3 is 14.8 Å². The number of halogens is 1. The van der Waals surface area contributed by atoms with Gasteiger partial charge in [-0.05, 0) is 37.5 Å². The quantitative estimate of drug-likeness (QED) is 0.823. The number of aromatic nitrogens is 2. The van der Waals surface area contributed by atoms with Crippen LogP contribution in [0.5, 0.6) is 0 Å². The molecule has 1 N–H and O–H groups in total. The summed E-state index contributed by atoms with van der Waals surface area (Å²) in [6, 6.07) is 3.36. The molecule has 1 saturated heterocycles. The molecule has 2 aromatic rings. The molecule has 26 heavy (non-hydrogen) atoms. The van der Waals surface area contributed by atoms with E-state index in [1.54, 1.807) is 19.1 Å². The standard InChI is InChI=1S/C18H20ClN3O4/c1-10-6-13-14(7-12(10)18(24)25-2)22-16(19)15(21-13)8-20-17(23)11-4-3-5-26-9-11/h6-7,11H,3-5,8-9H2,1-2H3,(H,20,23). The van der Waals surface area contributed by atoms with Gasteiger partial charge in [0.2, 0.25) is 5.91 Å². The molecule has 0 aliphatic carbocycles. The third kappa shape index (κ3) is 3.94. The van der Waals surface area contributed by atoms with Crippen LogP contribution in [0.4, 0.5) is 0 Å². The highest BCUT2D eigenvalue weighted by Gasteiger charge is 2.22. The number of rotatable bonds is 4. The van der Waals surface area contributed by atoms with E-state index in [-0.39, 0.29) is 23.5 Å². The molecule has 1 aliphatic rings. The zero-order chi connectivity index (χ0) is 18.7. The summed E-state index contributed by atoms with van der Waals surface area (Å²) in [5.74, 6) is -0.644. The number of ether oxygens (including phenoxy) is 2. The average molecular weight is 378 g/mol. The van der Waals surface area contributed by atoms with E-state index in [2.05, 4.69) is 15.3 Å². The number of amides is 1. The van der Waals surface area contributed by atoms with Crippen molar-refractivity contribution < 1.29 is 19.1 Å². The minimum absolute atomic E-state index is 0.0696. The van der Waals surface area contributed by atoms with Gasteiger partial charge in [0.05, 0.1) is 48.5 Å². The zero-order valence-electron chi connectivity index (χ0n) is 14.7. The van der Waals surface area contributed by atoms with Crippen LogP contribution < -0.4 is 5.32 Å². The van der Waals surface area contributed by atoms with Crippen molar-refractivity contribution in [1.82, 2.24) is 15.3 Å². The molecule has 3 rings (SSSR count). The second kappa shape index (κ2) is 7.97. The van der Waals surface area contributed by atoms with Crippen molar-refractivity contribution in [2.24, 2.45) is 5.92 Å². The average Bonchev–Trinajstić information content (AvgIpc) is 2.66. The zero-order valence-corrected chi connectivity index (χ0v) is 15.4. The SMILES string of the molecule is COC(=O)c1cc2nc(Cl)c(CNC(=O)C3CCCOC3)nc2cc1C. The first-order valence-corrected chi connectivity index (χ1v) is 8.78. The van der Waals surface area contributed by atoms with Crippen LogP contribution in [-0.2, 0) is 20.8 Å². The lowest BCUT2D eigenvalue weighted by Crippen LogP contribution is -2.35. The van der Waals surface area contributed by atoms with Gasteiger partial charge in [-0.1, -0.05) is 11.6 Å². The third-order valence-electron chi connectivity index (χ3n) is 4.40. The Balaban J connectivity index is 1.79. The maximum absolute atomic E-state index is 12.2. The fourth-order valence-corrected chi connectivity index (χ4v) is 3.13. The van der Waals surface area contributed by atoms with Crippen molar-refractivity contribution in [1.29, 1.82) is 0 Å². The summed E-state index contributed by atoms with van der Waals surface area (Å²) in [6.07, 6.45) is 1.70. The van der Waals surface area contributed by atoms with Gasteiger partial charge >= 0.3 is 5.97 Å². The maximum atomic E-state index is 12.2. The number of aryl methyl sites for hydroxylation is 1. The van der Waals surface area contributed by atoms with Gasteiger partial charge in [-0.2, -0.15) is 0 Å². The molecule has 0 bridgehead atoms. The molecular formula is C18H20ClN3O4. The number of hydrogen-bond acceptors (Lipinski definition) is 6. The first-order chi connectivity index (χ1) is 12.5. The second-order valence-electron chi connectivity index (χ2n) is 6.24. The minimum atomic E-state index is -0.437. The van der Waals surface area contributed by atoms with Gasteiger partial charge in [-0.3, -0.25) is 4.79 Å². The van der Waals surface area contributed by atoms with E-state index < -0.39 is 5.97 Å². The van der Waals surface area contributed by atoms with Crippen molar-refractivity contribution in [3.63, 3.8) is 0 Å². The smallest absolute Gasteiger partial charge is 0.338 e. The molecule has 1 aliphatic heterocycles. The van der Waals surface area contributed by atoms with Crippen LogP contribution in [0.25, 0.3) is 11.0 Å². The fourth-order valence-electron chi connectivity index (χ4n) is 2.93. The molecule has 8 heteroatoms. The van der Waals surface area contributed by atoms with Gasteiger partial charge in [0.1, 0.15) is 0 Å². The largest absolute Gasteiger partial charge is 0.465 e. The first kappa shape index (κ1) is 18.5. The molecule has 7 nitrogen and oxygen atoms in total. The van der Waals surface area contributed by atoms with E-state index in [9.17, 15) is 9.59 Å². The predicted octanol–water partition coefficient (Wildman–Crippen LogP) is 2.42. The van der Waals surface area contributed by atoms with Crippen molar-refractivity contribution in [3.05, 3.63) is 34.1 Å². The third-order valence-corrected chi connectivity index (χ3v) is 4.70. The second-order valence-corrected chi connectivity index (χ2v) is 6.60. The highest BCUT2D eigenvalue weighted by atomic mass is 35.5. The highest BCUT2D eigenvalue weighted by Crippen LogP contribution is 2.22. The van der Waals surface area contributed by atoms with Crippen LogP contribution in [0.2, 0.25) is 5.15 Å². The molecule has 1 amide bonds. The number of carbonyl (C=O) groups is 2. The summed E-state index contributed by atoms with van der Waals surface area (Å²) in [5, 5.41) is 3.04. The van der Waals surface area contributed by atoms with E-state index in [1.807, 2.05) is 0 Å². The summed E-state index contributed by atoms with van der Waals surface area (Å²) >= 11 is 6.21. The van der Waals surface area contributed by atoms with Gasteiger partial charge in [0, 0.05) is 6.61 Å². The Kier molecular flexibility index (Phi) is 5.68. The summed E-state index contributed by atoms with van der Waals surface area (Å²) < 4.78 is 10.1. The molecule has 138 valence electrons. The molecule has 1 atom stereocenters. The summed E-state index contributed by atoms with van der Waals surface area (Å²) in [5.41, 5.74) is 2.73. The predicted molar refractivity (Wildman–Crippen MR) is 96.0 cm³/mol. The number of esters is 1. The Bertz CT molecular complexity index is 850. The molecule has 0 spiro atoms. The lowest BCUT2D eigenvalue weighted by molar-refractivity contribution is -0.129. The fraction of sp³-hybridized carbons (Fsp3) is 0.444. The monoisotopic (exact) mass is 377 g/mol. The number of methoxy groups -OCH3 is 1. The summed E-state index contributed by atoms with van der Waals surface area (Å²) in [7, 11) is 1.33. The van der Waals surface area contributed by atoms with Crippen molar-refractivity contribution >= 4 is 34.5 Å². The van der Waals surface area contributed by atoms with Crippen molar-refractivity contribution in [2.45, 2.75) is 26.3 Å². The van der Waals surface area contributed by atoms with E-state index in [0.29, 0.717) is 35.5 Å². The maximum Gasteiger partial charge on any atom is 0.338 e. The van der Waals surface area contributed by atoms with Gasteiger partial charge in [-0.25, -0.2) is 14.8 Å². The highest BCUT2D eigenvalue weighted by molar-refractivity contribution is 6.30. The van der Waals surface area contributed by atoms with E-state index in [0.717, 1.165) is 18.4 Å². The van der Waals surface area contributed by atoms with Crippen LogP contribution in [0, 0.1) is 12.8 Å². The lowest BCUT2D eigenvalue weighted by atomic mass is 10.0. The van der Waals surface area contributed by atoms with Crippen LogP contribution in [0.1, 0.15) is 34.5 Å². The van der Waals surface area contributed by atoms with Crippen molar-refractivity contribution in [3.8, 4) is 0 Å². The Morgan fingerprint density at radius 2 is 2.12 bits per heavy atom. The molecular weight excluding hydrogens is 358 g/mol. The molecule has 1 unspecified atom stereocenters. The minimum Gasteiger partial charge on any atom is -0.465 e. The number of fused-ring (bicyclic) bond motifs is 1. The molecule has 0 radical (unpaired) electrons. The van der Waals surface area contributed by atoms with Crippen molar-refractivity contribution in [2.75, 3.05) is 20.3 Å². The van der Waals surface area contributed by atoms with Crippen LogP contribution >= 0.6 is 11.6 Å². The summed E-state index contributed by atoms with van der Waals surface area (Å²) in [4.78, 5) is 32.8. The number of benzene rings is 1. The Morgan fingerprint density at radius 1 is 1.35 bits per heavy atom. The molecule has 1 aromatic carbocycles. The van der Waals surface area contributed by atoms with E-state index >= 15 is 0 Å². The van der Waals surface area contributed by atoms with Gasteiger partial charge in [-0.15, -0.1) is 0 Å². The number of carbonyl (C=O) groups excluding carboxylic acids is 2. The Labute approximate surface area is 156 Å². The van der Waals surface area contributed by atoms with E-state index in [4.69, 9.17) is 21.1 Å².